The van der Waals surface area contributed by atoms with Crippen molar-refractivity contribution in [3.8, 4) is 22.5 Å². The van der Waals surface area contributed by atoms with Crippen LogP contribution in [0.3, 0.4) is 0 Å². The monoisotopic (exact) mass is 510 g/mol. The summed E-state index contributed by atoms with van der Waals surface area (Å²) >= 11 is 0. The SMILES string of the molecule is O=C1CCC(C(=O)Nc2ccc(-c3oc4ncnc(NC5CCCCCC5)c4c3-c3ccccc3)cc2)O1. The number of anilines is 2. The van der Waals surface area contributed by atoms with Gasteiger partial charge in [-0.25, -0.2) is 9.97 Å². The van der Waals surface area contributed by atoms with Gasteiger partial charge in [-0.05, 0) is 42.7 Å². The number of hydrogen-bond acceptors (Lipinski definition) is 7. The molecule has 38 heavy (non-hydrogen) atoms. The number of benzene rings is 2. The summed E-state index contributed by atoms with van der Waals surface area (Å²) < 4.78 is 11.4. The number of aromatic nitrogens is 2. The van der Waals surface area contributed by atoms with Gasteiger partial charge in [0.25, 0.3) is 5.91 Å². The van der Waals surface area contributed by atoms with Crippen molar-refractivity contribution >= 4 is 34.5 Å². The van der Waals surface area contributed by atoms with Crippen LogP contribution in [0.25, 0.3) is 33.6 Å². The van der Waals surface area contributed by atoms with E-state index in [1.807, 2.05) is 42.5 Å². The molecule has 3 heterocycles. The Morgan fingerprint density at radius 1 is 0.868 bits per heavy atom. The first-order valence-corrected chi connectivity index (χ1v) is 13.4. The van der Waals surface area contributed by atoms with E-state index in [2.05, 4.69) is 32.7 Å². The molecule has 0 bridgehead atoms. The normalized spacial score (nSPS) is 18.2. The van der Waals surface area contributed by atoms with Gasteiger partial charge in [0.1, 0.15) is 17.9 Å². The van der Waals surface area contributed by atoms with Crippen molar-refractivity contribution < 1.29 is 18.7 Å². The van der Waals surface area contributed by atoms with E-state index >= 15 is 0 Å². The number of carbonyl (C=O) groups is 2. The van der Waals surface area contributed by atoms with Crippen molar-refractivity contribution in [3.63, 3.8) is 0 Å². The van der Waals surface area contributed by atoms with Gasteiger partial charge in [-0.1, -0.05) is 56.0 Å². The first kappa shape index (κ1) is 24.2. The number of amides is 1. The summed E-state index contributed by atoms with van der Waals surface area (Å²) in [5.74, 6) is 0.834. The van der Waals surface area contributed by atoms with Crippen molar-refractivity contribution in [1.29, 1.82) is 0 Å². The van der Waals surface area contributed by atoms with Gasteiger partial charge in [0.05, 0.1) is 5.39 Å². The van der Waals surface area contributed by atoms with Crippen LogP contribution >= 0.6 is 0 Å². The van der Waals surface area contributed by atoms with Crippen LogP contribution in [-0.2, 0) is 14.3 Å². The maximum atomic E-state index is 12.5. The minimum atomic E-state index is -0.736. The van der Waals surface area contributed by atoms with Gasteiger partial charge < -0.3 is 19.8 Å². The molecule has 1 atom stereocenters. The largest absolute Gasteiger partial charge is 0.452 e. The predicted octanol–water partition coefficient (Wildman–Crippen LogP) is 6.34. The van der Waals surface area contributed by atoms with E-state index in [0.29, 0.717) is 29.6 Å². The lowest BCUT2D eigenvalue weighted by molar-refractivity contribution is -0.146. The third-order valence-corrected chi connectivity index (χ3v) is 7.34. The van der Waals surface area contributed by atoms with E-state index < -0.39 is 6.10 Å². The van der Waals surface area contributed by atoms with Crippen molar-refractivity contribution in [2.45, 2.75) is 63.5 Å². The predicted molar refractivity (Wildman–Crippen MR) is 146 cm³/mol. The molecule has 2 aromatic carbocycles. The molecule has 1 aliphatic heterocycles. The highest BCUT2D eigenvalue weighted by atomic mass is 16.6. The molecule has 8 heteroatoms. The zero-order valence-corrected chi connectivity index (χ0v) is 21.1. The minimum absolute atomic E-state index is 0.270. The fraction of sp³-hybridized carbons (Fsp3) is 0.333. The number of ether oxygens (including phenoxy) is 1. The quantitative estimate of drug-likeness (QED) is 0.230. The van der Waals surface area contributed by atoms with Gasteiger partial charge in [-0.2, -0.15) is 0 Å². The maximum Gasteiger partial charge on any atom is 0.306 e. The minimum Gasteiger partial charge on any atom is -0.452 e. The van der Waals surface area contributed by atoms with Crippen LogP contribution in [0.2, 0.25) is 0 Å². The van der Waals surface area contributed by atoms with Gasteiger partial charge in [0.2, 0.25) is 5.71 Å². The van der Waals surface area contributed by atoms with Crippen molar-refractivity contribution in [2.24, 2.45) is 0 Å². The van der Waals surface area contributed by atoms with Crippen molar-refractivity contribution in [1.82, 2.24) is 9.97 Å². The molecule has 194 valence electrons. The average Bonchev–Trinajstić information content (AvgIpc) is 3.46. The molecule has 2 N–H and O–H groups in total. The Kier molecular flexibility index (Phi) is 6.77. The van der Waals surface area contributed by atoms with Gasteiger partial charge in [0.15, 0.2) is 6.10 Å². The molecule has 8 nitrogen and oxygen atoms in total. The summed E-state index contributed by atoms with van der Waals surface area (Å²) in [4.78, 5) is 32.9. The standard InChI is InChI=1S/C30H30N4O4/c35-24-17-16-23(37-24)29(36)34-22-14-12-20(13-15-22)27-25(19-8-4-3-5-9-19)26-28(31-18-32-30(26)38-27)33-21-10-6-1-2-7-11-21/h3-5,8-9,12-15,18,21,23H,1-2,6-7,10-11,16-17H2,(H,34,36)(H,31,32,33). The molecule has 0 radical (unpaired) electrons. The number of esters is 1. The number of nitrogens with zero attached hydrogens (tertiary/aromatic N) is 2. The van der Waals surface area contributed by atoms with Crippen molar-refractivity contribution in [3.05, 3.63) is 60.9 Å². The third-order valence-electron chi connectivity index (χ3n) is 7.34. The fourth-order valence-electron chi connectivity index (χ4n) is 5.38. The van der Waals surface area contributed by atoms with E-state index in [1.165, 1.54) is 25.7 Å². The summed E-state index contributed by atoms with van der Waals surface area (Å²) in [6.07, 6.45) is 8.76. The molecule has 1 amide bonds. The van der Waals surface area contributed by atoms with E-state index in [4.69, 9.17) is 9.15 Å². The number of furan rings is 1. The fourth-order valence-corrected chi connectivity index (χ4v) is 5.38. The first-order chi connectivity index (χ1) is 18.7. The number of cyclic esters (lactones) is 1. The van der Waals surface area contributed by atoms with Crippen LogP contribution in [-0.4, -0.2) is 34.0 Å². The van der Waals surface area contributed by atoms with Crippen LogP contribution in [0.5, 0.6) is 0 Å². The lowest BCUT2D eigenvalue weighted by Gasteiger charge is -2.17. The third kappa shape index (κ3) is 4.98. The second-order valence-corrected chi connectivity index (χ2v) is 9.99. The molecule has 2 fully saturated rings. The number of fused-ring (bicyclic) bond motifs is 1. The molecule has 4 aromatic rings. The summed E-state index contributed by atoms with van der Waals surface area (Å²) in [5, 5.41) is 7.41. The molecule has 2 aromatic heterocycles. The molecular formula is C30H30N4O4. The maximum absolute atomic E-state index is 12.5. The second-order valence-electron chi connectivity index (χ2n) is 9.99. The lowest BCUT2D eigenvalue weighted by atomic mass is 9.99. The van der Waals surface area contributed by atoms with Crippen LogP contribution in [0.4, 0.5) is 11.5 Å². The average molecular weight is 511 g/mol. The van der Waals surface area contributed by atoms with Gasteiger partial charge >= 0.3 is 5.97 Å². The number of rotatable bonds is 6. The zero-order chi connectivity index (χ0) is 25.9. The highest BCUT2D eigenvalue weighted by Crippen LogP contribution is 2.43. The molecule has 1 saturated heterocycles. The van der Waals surface area contributed by atoms with E-state index in [1.54, 1.807) is 6.33 Å². The Bertz CT molecular complexity index is 1440. The highest BCUT2D eigenvalue weighted by molar-refractivity contribution is 6.06. The van der Waals surface area contributed by atoms with Crippen LogP contribution < -0.4 is 10.6 Å². The van der Waals surface area contributed by atoms with Crippen LogP contribution in [0.1, 0.15) is 51.4 Å². The second kappa shape index (κ2) is 10.7. The van der Waals surface area contributed by atoms with Crippen molar-refractivity contribution in [2.75, 3.05) is 10.6 Å². The van der Waals surface area contributed by atoms with Crippen LogP contribution in [0.15, 0.2) is 65.3 Å². The molecule has 6 rings (SSSR count). The van der Waals surface area contributed by atoms with E-state index in [0.717, 1.165) is 40.7 Å². The van der Waals surface area contributed by atoms with Gasteiger partial charge in [-0.15, -0.1) is 0 Å². The topological polar surface area (TPSA) is 106 Å². The molecule has 1 saturated carbocycles. The molecule has 0 spiro atoms. The van der Waals surface area contributed by atoms with Gasteiger partial charge in [-0.3, -0.25) is 9.59 Å². The molecule has 1 aliphatic carbocycles. The molecule has 1 unspecified atom stereocenters. The Morgan fingerprint density at radius 2 is 1.63 bits per heavy atom. The summed E-state index contributed by atoms with van der Waals surface area (Å²) in [6, 6.07) is 18.0. The first-order valence-electron chi connectivity index (χ1n) is 13.4. The zero-order valence-electron chi connectivity index (χ0n) is 21.1. The smallest absolute Gasteiger partial charge is 0.306 e. The molecule has 2 aliphatic rings. The number of carbonyl (C=O) groups excluding carboxylic acids is 2. The number of nitrogens with one attached hydrogen (secondary N) is 2. The Morgan fingerprint density at radius 3 is 2.34 bits per heavy atom. The van der Waals surface area contributed by atoms with E-state index in [-0.39, 0.29) is 18.3 Å². The molecular weight excluding hydrogens is 480 g/mol. The van der Waals surface area contributed by atoms with Crippen LogP contribution in [0, 0.1) is 0 Å². The van der Waals surface area contributed by atoms with Gasteiger partial charge in [0, 0.05) is 35.7 Å². The Balaban J connectivity index is 1.35. The Labute approximate surface area is 220 Å². The Hall–Kier alpha value is -4.20. The van der Waals surface area contributed by atoms with E-state index in [9.17, 15) is 9.59 Å². The lowest BCUT2D eigenvalue weighted by Crippen LogP contribution is -2.27. The summed E-state index contributed by atoms with van der Waals surface area (Å²) in [6.45, 7) is 0. The highest BCUT2D eigenvalue weighted by Gasteiger charge is 2.30. The number of hydrogen-bond donors (Lipinski definition) is 2. The summed E-state index contributed by atoms with van der Waals surface area (Å²) in [5.41, 5.74) is 3.96. The summed E-state index contributed by atoms with van der Waals surface area (Å²) in [7, 11) is 0.